The number of nitrogens with zero attached hydrogens (tertiary/aromatic N) is 2. The van der Waals surface area contributed by atoms with Gasteiger partial charge in [-0.3, -0.25) is 0 Å². The summed E-state index contributed by atoms with van der Waals surface area (Å²) in [5.41, 5.74) is 0. The third kappa shape index (κ3) is 4.58. The predicted molar refractivity (Wildman–Crippen MR) is 91.7 cm³/mol. The first kappa shape index (κ1) is 19.2. The molecule has 0 saturated heterocycles. The van der Waals surface area contributed by atoms with Gasteiger partial charge in [0.05, 0.1) is 4.75 Å². The van der Waals surface area contributed by atoms with Gasteiger partial charge in [-0.25, -0.2) is 13.4 Å². The third-order valence-electron chi connectivity index (χ3n) is 4.53. The zero-order valence-corrected chi connectivity index (χ0v) is 15.5. The second-order valence-corrected chi connectivity index (χ2v) is 8.90. The lowest BCUT2D eigenvalue weighted by atomic mass is 9.95. The van der Waals surface area contributed by atoms with Crippen LogP contribution >= 0.6 is 0 Å². The summed E-state index contributed by atoms with van der Waals surface area (Å²) in [5, 5.41) is 0.210. The molecule has 0 N–H and O–H groups in total. The van der Waals surface area contributed by atoms with Crippen LogP contribution in [0.15, 0.2) is 17.6 Å². The molecular weight excluding hydrogens is 296 g/mol. The van der Waals surface area contributed by atoms with Crippen LogP contribution in [0.1, 0.15) is 78.6 Å². The van der Waals surface area contributed by atoms with Crippen molar-refractivity contribution in [1.29, 1.82) is 0 Å². The van der Waals surface area contributed by atoms with Crippen molar-refractivity contribution in [1.82, 2.24) is 9.55 Å². The molecule has 128 valence electrons. The molecule has 0 fully saturated rings. The Labute approximate surface area is 136 Å². The van der Waals surface area contributed by atoms with Crippen molar-refractivity contribution in [2.75, 3.05) is 0 Å². The SMILES string of the molecule is CCCCCCC(C)(CCCCC)S(=O)(=O)c1nccn1C. The molecule has 0 aromatic carbocycles. The van der Waals surface area contributed by atoms with Crippen LogP contribution in [-0.2, 0) is 16.9 Å². The van der Waals surface area contributed by atoms with Gasteiger partial charge in [0.15, 0.2) is 0 Å². The second-order valence-electron chi connectivity index (χ2n) is 6.54. The molecule has 0 aliphatic heterocycles. The normalized spacial score (nSPS) is 14.9. The van der Waals surface area contributed by atoms with Crippen LogP contribution < -0.4 is 0 Å². The van der Waals surface area contributed by atoms with E-state index in [2.05, 4.69) is 18.8 Å². The molecule has 0 radical (unpaired) electrons. The zero-order valence-electron chi connectivity index (χ0n) is 14.6. The average molecular weight is 329 g/mol. The van der Waals surface area contributed by atoms with Crippen LogP contribution in [0, 0.1) is 0 Å². The van der Waals surface area contributed by atoms with Crippen molar-refractivity contribution in [2.24, 2.45) is 7.05 Å². The lowest BCUT2D eigenvalue weighted by Gasteiger charge is -2.29. The summed E-state index contributed by atoms with van der Waals surface area (Å²) in [7, 11) is -1.65. The topological polar surface area (TPSA) is 52.0 Å². The van der Waals surface area contributed by atoms with Crippen LogP contribution in [0.4, 0.5) is 0 Å². The van der Waals surface area contributed by atoms with E-state index >= 15 is 0 Å². The smallest absolute Gasteiger partial charge is 0.227 e. The molecule has 1 heterocycles. The molecule has 0 saturated carbocycles. The fraction of sp³-hybridized carbons (Fsp3) is 0.824. The quantitative estimate of drug-likeness (QED) is 0.562. The number of rotatable bonds is 11. The van der Waals surface area contributed by atoms with Gasteiger partial charge in [-0.05, 0) is 19.8 Å². The summed E-state index contributed by atoms with van der Waals surface area (Å²) in [6, 6.07) is 0. The summed E-state index contributed by atoms with van der Waals surface area (Å²) in [6.07, 6.45) is 12.3. The molecule has 0 aliphatic rings. The number of hydrogen-bond acceptors (Lipinski definition) is 3. The van der Waals surface area contributed by atoms with Crippen molar-refractivity contribution in [2.45, 2.75) is 88.5 Å². The molecule has 1 aromatic rings. The molecule has 1 aromatic heterocycles. The molecule has 0 amide bonds. The molecule has 1 unspecified atom stereocenters. The standard InChI is InChI=1S/C17H32N2O2S/c1-5-7-9-11-13-17(3,12-10-8-6-2)22(20,21)16-18-14-15-19(16)4/h14-15H,5-13H2,1-4H3. The highest BCUT2D eigenvalue weighted by molar-refractivity contribution is 7.92. The molecular formula is C17H32N2O2S. The van der Waals surface area contributed by atoms with Gasteiger partial charge >= 0.3 is 0 Å². The molecule has 0 bridgehead atoms. The maximum absolute atomic E-state index is 13.1. The van der Waals surface area contributed by atoms with Gasteiger partial charge in [-0.2, -0.15) is 0 Å². The predicted octanol–water partition coefficient (Wildman–Crippen LogP) is 4.50. The summed E-state index contributed by atoms with van der Waals surface area (Å²) in [6.45, 7) is 6.23. The van der Waals surface area contributed by atoms with Crippen molar-refractivity contribution < 1.29 is 8.42 Å². The molecule has 1 rings (SSSR count). The zero-order chi connectivity index (χ0) is 16.6. The minimum absolute atomic E-state index is 0.210. The Bertz CT molecular complexity index is 537. The molecule has 5 heteroatoms. The Kier molecular flexibility index (Phi) is 7.60. The van der Waals surface area contributed by atoms with Crippen LogP contribution in [0.25, 0.3) is 0 Å². The van der Waals surface area contributed by atoms with Crippen LogP contribution in [0.2, 0.25) is 0 Å². The molecule has 4 nitrogen and oxygen atoms in total. The first-order valence-corrected chi connectivity index (χ1v) is 10.1. The molecule has 0 spiro atoms. The number of aromatic nitrogens is 2. The molecule has 1 atom stereocenters. The van der Waals surface area contributed by atoms with E-state index in [9.17, 15) is 8.42 Å². The van der Waals surface area contributed by atoms with E-state index in [0.29, 0.717) is 0 Å². The molecule has 0 aliphatic carbocycles. The average Bonchev–Trinajstić information content (AvgIpc) is 2.90. The van der Waals surface area contributed by atoms with Crippen LogP contribution in [0.5, 0.6) is 0 Å². The van der Waals surface area contributed by atoms with Gasteiger partial charge < -0.3 is 4.57 Å². The fourth-order valence-corrected chi connectivity index (χ4v) is 4.81. The van der Waals surface area contributed by atoms with Gasteiger partial charge in [-0.1, -0.05) is 58.8 Å². The first-order chi connectivity index (χ1) is 10.4. The van der Waals surface area contributed by atoms with Crippen molar-refractivity contribution >= 4 is 9.84 Å². The maximum atomic E-state index is 13.1. The van der Waals surface area contributed by atoms with Gasteiger partial charge in [0.1, 0.15) is 0 Å². The van der Waals surface area contributed by atoms with E-state index in [1.54, 1.807) is 24.0 Å². The summed E-state index contributed by atoms with van der Waals surface area (Å²) in [5.74, 6) is 0. The van der Waals surface area contributed by atoms with Crippen molar-refractivity contribution in [3.8, 4) is 0 Å². The number of hydrogen-bond donors (Lipinski definition) is 0. The Hall–Kier alpha value is -0.840. The van der Waals surface area contributed by atoms with Crippen molar-refractivity contribution in [3.05, 3.63) is 12.4 Å². The third-order valence-corrected chi connectivity index (χ3v) is 7.11. The van der Waals surface area contributed by atoms with E-state index < -0.39 is 14.6 Å². The number of aryl methyl sites for hydroxylation is 1. The Morgan fingerprint density at radius 2 is 1.59 bits per heavy atom. The fourth-order valence-electron chi connectivity index (χ4n) is 2.90. The van der Waals surface area contributed by atoms with Gasteiger partial charge in [-0.15, -0.1) is 0 Å². The Morgan fingerprint density at radius 3 is 2.09 bits per heavy atom. The largest absolute Gasteiger partial charge is 0.325 e. The summed E-state index contributed by atoms with van der Waals surface area (Å²) >= 11 is 0. The Balaban J connectivity index is 2.94. The number of sulfone groups is 1. The van der Waals surface area contributed by atoms with E-state index in [0.717, 1.165) is 44.9 Å². The van der Waals surface area contributed by atoms with Crippen molar-refractivity contribution in [3.63, 3.8) is 0 Å². The minimum atomic E-state index is -3.40. The highest BCUT2D eigenvalue weighted by Crippen LogP contribution is 2.34. The van der Waals surface area contributed by atoms with Crippen LogP contribution in [-0.4, -0.2) is 22.7 Å². The summed E-state index contributed by atoms with van der Waals surface area (Å²) < 4.78 is 27.1. The number of unbranched alkanes of at least 4 members (excludes halogenated alkanes) is 5. The lowest BCUT2D eigenvalue weighted by molar-refractivity contribution is 0.435. The number of imidazole rings is 1. The first-order valence-electron chi connectivity index (χ1n) is 8.61. The summed E-state index contributed by atoms with van der Waals surface area (Å²) in [4.78, 5) is 4.10. The lowest BCUT2D eigenvalue weighted by Crippen LogP contribution is -2.37. The van der Waals surface area contributed by atoms with E-state index in [1.807, 2.05) is 6.92 Å². The molecule has 22 heavy (non-hydrogen) atoms. The van der Waals surface area contributed by atoms with E-state index in [1.165, 1.54) is 12.8 Å². The highest BCUT2D eigenvalue weighted by atomic mass is 32.2. The van der Waals surface area contributed by atoms with Gasteiger partial charge in [0.2, 0.25) is 15.0 Å². The van der Waals surface area contributed by atoms with Gasteiger partial charge in [0, 0.05) is 19.4 Å². The Morgan fingerprint density at radius 1 is 1.05 bits per heavy atom. The minimum Gasteiger partial charge on any atom is -0.325 e. The van der Waals surface area contributed by atoms with Crippen LogP contribution in [0.3, 0.4) is 0 Å². The van der Waals surface area contributed by atoms with E-state index in [4.69, 9.17) is 0 Å². The van der Waals surface area contributed by atoms with Gasteiger partial charge in [0.25, 0.3) is 0 Å². The second kappa shape index (κ2) is 8.70. The maximum Gasteiger partial charge on any atom is 0.227 e. The monoisotopic (exact) mass is 328 g/mol. The highest BCUT2D eigenvalue weighted by Gasteiger charge is 2.41. The van der Waals surface area contributed by atoms with E-state index in [-0.39, 0.29) is 5.16 Å².